The predicted octanol–water partition coefficient (Wildman–Crippen LogP) is 2.06. The summed E-state index contributed by atoms with van der Waals surface area (Å²) in [7, 11) is 0. The van der Waals surface area contributed by atoms with Crippen molar-refractivity contribution in [3.8, 4) is 0 Å². The second-order valence-corrected chi connectivity index (χ2v) is 2.93. The minimum absolute atomic E-state index is 0.000926. The number of hydrogen-bond donors (Lipinski definition) is 0. The fourth-order valence-electron chi connectivity index (χ4n) is 1.19. The van der Waals surface area contributed by atoms with Gasteiger partial charge in [0.1, 0.15) is 6.10 Å². The molecule has 0 N–H and O–H groups in total. The molecule has 1 rings (SSSR count). The van der Waals surface area contributed by atoms with E-state index in [1.165, 1.54) is 0 Å². The maximum atomic E-state index is 12.0. The third-order valence-electron chi connectivity index (χ3n) is 2.08. The highest BCUT2D eigenvalue weighted by atomic mass is 19.3. The zero-order valence-electron chi connectivity index (χ0n) is 6.18. The van der Waals surface area contributed by atoms with Crippen LogP contribution in [0.25, 0.3) is 0 Å². The molecule has 0 aliphatic carbocycles. The predicted molar refractivity (Wildman–Crippen MR) is 34.1 cm³/mol. The van der Waals surface area contributed by atoms with Gasteiger partial charge >= 0.3 is 0 Å². The molecule has 1 nitrogen and oxygen atoms in total. The van der Waals surface area contributed by atoms with Gasteiger partial charge in [-0.05, 0) is 19.3 Å². The number of hydrogen-bond acceptors (Lipinski definition) is 1. The molecule has 0 aromatic heterocycles. The van der Waals surface area contributed by atoms with Gasteiger partial charge in [-0.3, -0.25) is 0 Å². The molecule has 0 saturated carbocycles. The van der Waals surface area contributed by atoms with Crippen LogP contribution in [0, 0.1) is 5.92 Å². The molecule has 1 heterocycles. The van der Waals surface area contributed by atoms with Gasteiger partial charge in [-0.25, -0.2) is 8.78 Å². The van der Waals surface area contributed by atoms with Crippen LogP contribution in [0.15, 0.2) is 0 Å². The van der Waals surface area contributed by atoms with Crippen LogP contribution in [-0.2, 0) is 4.74 Å². The lowest BCUT2D eigenvalue weighted by atomic mass is 10.0. The van der Waals surface area contributed by atoms with E-state index in [1.807, 2.05) is 13.8 Å². The summed E-state index contributed by atoms with van der Waals surface area (Å²) in [5.74, 6) is 0.277. The first kappa shape index (κ1) is 7.92. The maximum Gasteiger partial charge on any atom is 0.264 e. The Morgan fingerprint density at radius 1 is 1.40 bits per heavy atom. The van der Waals surface area contributed by atoms with Crippen LogP contribution in [0.2, 0.25) is 0 Å². The van der Waals surface area contributed by atoms with Crippen molar-refractivity contribution in [1.82, 2.24) is 0 Å². The molecule has 1 aliphatic heterocycles. The van der Waals surface area contributed by atoms with Crippen LogP contribution in [0.4, 0.5) is 8.78 Å². The molecule has 0 spiro atoms. The lowest BCUT2D eigenvalue weighted by molar-refractivity contribution is -0.0477. The molecule has 0 aromatic rings. The van der Waals surface area contributed by atoms with Crippen molar-refractivity contribution >= 4 is 0 Å². The number of ether oxygens (including phenoxy) is 1. The van der Waals surface area contributed by atoms with Crippen LogP contribution in [-0.4, -0.2) is 18.6 Å². The summed E-state index contributed by atoms with van der Waals surface area (Å²) in [6.07, 6.45) is -2.63. The van der Waals surface area contributed by atoms with E-state index in [2.05, 4.69) is 0 Å². The summed E-state index contributed by atoms with van der Waals surface area (Å²) in [5, 5.41) is 0. The highest BCUT2D eigenvalue weighted by Gasteiger charge is 2.34. The summed E-state index contributed by atoms with van der Waals surface area (Å²) in [4.78, 5) is 0. The van der Waals surface area contributed by atoms with Gasteiger partial charge < -0.3 is 4.74 Å². The molecule has 1 fully saturated rings. The first-order valence-corrected chi connectivity index (χ1v) is 3.55. The smallest absolute Gasteiger partial charge is 0.264 e. The molecule has 1 aliphatic rings. The Labute approximate surface area is 59.4 Å². The van der Waals surface area contributed by atoms with E-state index in [4.69, 9.17) is 4.74 Å². The van der Waals surface area contributed by atoms with Crippen molar-refractivity contribution in [2.24, 2.45) is 5.92 Å². The van der Waals surface area contributed by atoms with Crippen molar-refractivity contribution in [2.45, 2.75) is 38.9 Å². The molecule has 0 aromatic carbocycles. The van der Waals surface area contributed by atoms with Gasteiger partial charge in [0.05, 0.1) is 6.10 Å². The van der Waals surface area contributed by atoms with Gasteiger partial charge in [-0.1, -0.05) is 6.92 Å². The average molecular weight is 150 g/mol. The minimum Gasteiger partial charge on any atom is -0.369 e. The van der Waals surface area contributed by atoms with Gasteiger partial charge in [0.25, 0.3) is 6.43 Å². The first-order valence-electron chi connectivity index (χ1n) is 3.55. The molecule has 0 bridgehead atoms. The van der Waals surface area contributed by atoms with E-state index in [9.17, 15) is 8.78 Å². The summed E-state index contributed by atoms with van der Waals surface area (Å²) in [6, 6.07) is 0. The van der Waals surface area contributed by atoms with E-state index in [0.29, 0.717) is 6.42 Å². The Hall–Kier alpha value is -0.180. The fourth-order valence-corrected chi connectivity index (χ4v) is 1.19. The van der Waals surface area contributed by atoms with Gasteiger partial charge in [-0.2, -0.15) is 0 Å². The summed E-state index contributed by atoms with van der Waals surface area (Å²) >= 11 is 0. The van der Waals surface area contributed by atoms with Crippen molar-refractivity contribution in [1.29, 1.82) is 0 Å². The highest BCUT2D eigenvalue weighted by molar-refractivity contribution is 4.77. The van der Waals surface area contributed by atoms with Crippen LogP contribution in [0.5, 0.6) is 0 Å². The third kappa shape index (κ3) is 1.45. The van der Waals surface area contributed by atoms with Gasteiger partial charge in [0.2, 0.25) is 0 Å². The quantitative estimate of drug-likeness (QED) is 0.556. The summed E-state index contributed by atoms with van der Waals surface area (Å²) < 4.78 is 28.9. The molecule has 0 amide bonds. The summed E-state index contributed by atoms with van der Waals surface area (Å²) in [5.41, 5.74) is 0. The lowest BCUT2D eigenvalue weighted by Crippen LogP contribution is -2.17. The SMILES string of the molecule is CC1CC(C(F)F)OC1C. The molecule has 60 valence electrons. The topological polar surface area (TPSA) is 9.23 Å². The third-order valence-corrected chi connectivity index (χ3v) is 2.08. The standard InChI is InChI=1S/C7H12F2O/c1-4-3-6(7(8)9)10-5(4)2/h4-7H,3H2,1-2H3. The number of rotatable bonds is 1. The van der Waals surface area contributed by atoms with Crippen LogP contribution in [0.3, 0.4) is 0 Å². The Bertz CT molecular complexity index is 106. The Kier molecular flexibility index (Phi) is 2.24. The van der Waals surface area contributed by atoms with Crippen molar-refractivity contribution in [3.05, 3.63) is 0 Å². The van der Waals surface area contributed by atoms with Crippen molar-refractivity contribution in [3.63, 3.8) is 0 Å². The Morgan fingerprint density at radius 2 is 2.00 bits per heavy atom. The van der Waals surface area contributed by atoms with E-state index >= 15 is 0 Å². The molecular weight excluding hydrogens is 138 g/mol. The second-order valence-electron chi connectivity index (χ2n) is 2.93. The van der Waals surface area contributed by atoms with E-state index in [1.54, 1.807) is 0 Å². The summed E-state index contributed by atoms with van der Waals surface area (Å²) in [6.45, 7) is 3.78. The van der Waals surface area contributed by atoms with Crippen LogP contribution in [0.1, 0.15) is 20.3 Å². The normalized spacial score (nSPS) is 41.1. The molecule has 1 saturated heterocycles. The van der Waals surface area contributed by atoms with E-state index in [0.717, 1.165) is 0 Å². The monoisotopic (exact) mass is 150 g/mol. The molecule has 3 atom stereocenters. The molecular formula is C7H12F2O. The minimum atomic E-state index is -2.31. The Morgan fingerprint density at radius 3 is 2.20 bits per heavy atom. The first-order chi connectivity index (χ1) is 4.61. The van der Waals surface area contributed by atoms with Gasteiger partial charge in [0, 0.05) is 0 Å². The van der Waals surface area contributed by atoms with Gasteiger partial charge in [-0.15, -0.1) is 0 Å². The van der Waals surface area contributed by atoms with Crippen LogP contribution < -0.4 is 0 Å². The largest absolute Gasteiger partial charge is 0.369 e. The maximum absolute atomic E-state index is 12.0. The zero-order chi connectivity index (χ0) is 7.72. The molecule has 3 heteroatoms. The number of halogens is 2. The van der Waals surface area contributed by atoms with Gasteiger partial charge in [0.15, 0.2) is 0 Å². The fraction of sp³-hybridized carbons (Fsp3) is 1.00. The van der Waals surface area contributed by atoms with E-state index in [-0.39, 0.29) is 12.0 Å². The zero-order valence-corrected chi connectivity index (χ0v) is 6.18. The Balaban J connectivity index is 2.41. The number of alkyl halides is 2. The van der Waals surface area contributed by atoms with E-state index < -0.39 is 12.5 Å². The molecule has 3 unspecified atom stereocenters. The highest BCUT2D eigenvalue weighted by Crippen LogP contribution is 2.28. The molecule has 0 radical (unpaired) electrons. The van der Waals surface area contributed by atoms with Crippen molar-refractivity contribution < 1.29 is 13.5 Å². The van der Waals surface area contributed by atoms with Crippen LogP contribution >= 0.6 is 0 Å². The average Bonchev–Trinajstić information content (AvgIpc) is 2.13. The lowest BCUT2D eigenvalue weighted by Gasteiger charge is -2.08. The molecule has 10 heavy (non-hydrogen) atoms. The second kappa shape index (κ2) is 2.82. The van der Waals surface area contributed by atoms with Crippen molar-refractivity contribution in [2.75, 3.05) is 0 Å².